The van der Waals surface area contributed by atoms with Gasteiger partial charge in [0, 0.05) is 16.7 Å². The lowest BCUT2D eigenvalue weighted by molar-refractivity contribution is 1.07. The zero-order valence-corrected chi connectivity index (χ0v) is 26.7. The van der Waals surface area contributed by atoms with Gasteiger partial charge < -0.3 is 0 Å². The summed E-state index contributed by atoms with van der Waals surface area (Å²) in [6, 6.07) is 44.5. The first-order valence-electron chi connectivity index (χ1n) is 19.8. The number of benzene rings is 8. The number of rotatable bonds is 6. The van der Waals surface area contributed by atoms with E-state index in [1.807, 2.05) is 97.1 Å². The highest BCUT2D eigenvalue weighted by molar-refractivity contribution is 5.99. The lowest BCUT2D eigenvalue weighted by atomic mass is 9.92. The molecule has 3 nitrogen and oxygen atoms in total. The van der Waals surface area contributed by atoms with Crippen molar-refractivity contribution in [2.75, 3.05) is 0 Å². The van der Waals surface area contributed by atoms with Gasteiger partial charge in [0.05, 0.1) is 9.60 Å². The Bertz CT molecular complexity index is 2960. The molecule has 0 aliphatic heterocycles. The SMILES string of the molecule is [2H]c1c([2H])c([2H])c2c(-c3cc(-c4ccc5cc(-c6ccccc6)ccc5c4)cc(-c4nc(-c5ccccc5)nc(-c5ccccc5)n4)c3)c([2H])c([2H])c([2H])c2c1[2H]. The summed E-state index contributed by atoms with van der Waals surface area (Å²) in [5.41, 5.74) is 6.48. The van der Waals surface area contributed by atoms with E-state index in [1.54, 1.807) is 6.07 Å². The summed E-state index contributed by atoms with van der Waals surface area (Å²) < 4.78 is 61.3. The third-order valence-corrected chi connectivity index (χ3v) is 8.77. The van der Waals surface area contributed by atoms with E-state index in [2.05, 4.69) is 42.5 Å². The van der Waals surface area contributed by atoms with Crippen molar-refractivity contribution in [3.63, 3.8) is 0 Å². The van der Waals surface area contributed by atoms with Crippen LogP contribution >= 0.6 is 0 Å². The molecule has 0 aliphatic carbocycles. The maximum absolute atomic E-state index is 9.19. The molecule has 0 saturated heterocycles. The highest BCUT2D eigenvalue weighted by Crippen LogP contribution is 2.37. The van der Waals surface area contributed by atoms with Crippen LogP contribution in [-0.4, -0.2) is 15.0 Å². The maximum Gasteiger partial charge on any atom is 0.164 e. The quantitative estimate of drug-likeness (QED) is 0.181. The van der Waals surface area contributed by atoms with Crippen LogP contribution in [0.4, 0.5) is 0 Å². The molecule has 234 valence electrons. The molecular formula is C47H31N3. The lowest BCUT2D eigenvalue weighted by Crippen LogP contribution is -2.00. The fourth-order valence-electron chi connectivity index (χ4n) is 6.27. The summed E-state index contributed by atoms with van der Waals surface area (Å²) in [6.07, 6.45) is 0. The molecule has 0 N–H and O–H groups in total. The second-order valence-corrected chi connectivity index (χ2v) is 12.0. The van der Waals surface area contributed by atoms with Crippen molar-refractivity contribution >= 4 is 21.5 Å². The molecule has 9 rings (SSSR count). The van der Waals surface area contributed by atoms with Gasteiger partial charge in [-0.15, -0.1) is 0 Å². The van der Waals surface area contributed by atoms with Gasteiger partial charge in [-0.1, -0.05) is 158 Å². The van der Waals surface area contributed by atoms with Crippen molar-refractivity contribution in [3.05, 3.63) is 188 Å². The van der Waals surface area contributed by atoms with Crippen LogP contribution in [0, 0.1) is 0 Å². The summed E-state index contributed by atoms with van der Waals surface area (Å²) in [6.45, 7) is 0. The molecule has 9 aromatic rings. The fraction of sp³-hybridized carbons (Fsp3) is 0. The lowest BCUT2D eigenvalue weighted by Gasteiger charge is -2.14. The summed E-state index contributed by atoms with van der Waals surface area (Å²) >= 11 is 0. The first-order chi connectivity index (χ1) is 27.7. The van der Waals surface area contributed by atoms with Crippen molar-refractivity contribution in [1.82, 2.24) is 15.0 Å². The van der Waals surface area contributed by atoms with Gasteiger partial charge in [0.15, 0.2) is 17.5 Å². The van der Waals surface area contributed by atoms with Gasteiger partial charge in [0.25, 0.3) is 0 Å². The van der Waals surface area contributed by atoms with Gasteiger partial charge in [-0.2, -0.15) is 0 Å². The van der Waals surface area contributed by atoms with Gasteiger partial charge in [-0.3, -0.25) is 0 Å². The first kappa shape index (κ1) is 22.8. The molecule has 0 atom stereocenters. The van der Waals surface area contributed by atoms with E-state index in [0.717, 1.165) is 44.2 Å². The minimum Gasteiger partial charge on any atom is -0.208 e. The minimum atomic E-state index is -0.503. The molecule has 0 bridgehead atoms. The predicted molar refractivity (Wildman–Crippen MR) is 207 cm³/mol. The second-order valence-electron chi connectivity index (χ2n) is 12.0. The molecule has 8 aromatic carbocycles. The Kier molecular flexibility index (Phi) is 5.80. The summed E-state index contributed by atoms with van der Waals surface area (Å²) in [4.78, 5) is 14.8. The molecule has 50 heavy (non-hydrogen) atoms. The maximum atomic E-state index is 9.19. The minimum absolute atomic E-state index is 0.00708. The van der Waals surface area contributed by atoms with Gasteiger partial charge in [-0.25, -0.2) is 15.0 Å². The molecule has 0 amide bonds. The Morgan fingerprint density at radius 1 is 0.320 bits per heavy atom. The largest absolute Gasteiger partial charge is 0.208 e. The number of aromatic nitrogens is 3. The average molecular weight is 645 g/mol. The normalized spacial score (nSPS) is 13.2. The highest BCUT2D eigenvalue weighted by atomic mass is 15.0. The Labute approximate surface area is 301 Å². The van der Waals surface area contributed by atoms with Crippen molar-refractivity contribution in [2.45, 2.75) is 0 Å². The van der Waals surface area contributed by atoms with Crippen LogP contribution in [0.2, 0.25) is 0 Å². The smallest absolute Gasteiger partial charge is 0.164 e. The molecule has 0 fully saturated rings. The summed E-state index contributed by atoms with van der Waals surface area (Å²) in [5.74, 6) is 1.26. The van der Waals surface area contributed by atoms with Gasteiger partial charge >= 0.3 is 0 Å². The van der Waals surface area contributed by atoms with Crippen LogP contribution in [0.1, 0.15) is 9.60 Å². The molecule has 0 radical (unpaired) electrons. The van der Waals surface area contributed by atoms with E-state index in [9.17, 15) is 1.37 Å². The Morgan fingerprint density at radius 2 is 0.800 bits per heavy atom. The average Bonchev–Trinajstić information content (AvgIpc) is 3.27. The van der Waals surface area contributed by atoms with Crippen LogP contribution in [-0.2, 0) is 0 Å². The van der Waals surface area contributed by atoms with Gasteiger partial charge in [-0.05, 0) is 85.3 Å². The monoisotopic (exact) mass is 644 g/mol. The Morgan fingerprint density at radius 3 is 1.42 bits per heavy atom. The topological polar surface area (TPSA) is 38.7 Å². The standard InChI is InChI=1S/C47H31N3/c1-4-13-32(14-5-1)36-23-24-38-28-39(26-25-37(38)27-36)40-29-41(44-22-12-20-33-15-10-11-21-43(33)44)31-42(30-40)47-49-45(34-16-6-2-7-17-34)48-46(50-47)35-18-8-3-9-19-35/h1-31H/i10D,11D,12D,15D,20D,21D,22D. The van der Waals surface area contributed by atoms with Crippen LogP contribution in [0.15, 0.2) is 188 Å². The number of hydrogen-bond donors (Lipinski definition) is 0. The Hall–Kier alpha value is -6.71. The van der Waals surface area contributed by atoms with Crippen molar-refractivity contribution < 1.29 is 9.60 Å². The molecule has 3 heteroatoms. The number of nitrogens with zero attached hydrogens (tertiary/aromatic N) is 3. The van der Waals surface area contributed by atoms with Crippen LogP contribution in [0.25, 0.3) is 89.1 Å². The fourth-order valence-corrected chi connectivity index (χ4v) is 6.27. The van der Waals surface area contributed by atoms with E-state index in [-0.39, 0.29) is 28.4 Å². The molecule has 1 heterocycles. The molecular weight excluding hydrogens is 607 g/mol. The highest BCUT2D eigenvalue weighted by Gasteiger charge is 2.16. The van der Waals surface area contributed by atoms with E-state index >= 15 is 0 Å². The first-order valence-corrected chi connectivity index (χ1v) is 16.3. The number of hydrogen-bond acceptors (Lipinski definition) is 3. The van der Waals surface area contributed by atoms with Gasteiger partial charge in [0.2, 0.25) is 0 Å². The zero-order valence-electron chi connectivity index (χ0n) is 33.7. The predicted octanol–water partition coefficient (Wildman–Crippen LogP) is 12.2. The summed E-state index contributed by atoms with van der Waals surface area (Å²) in [5, 5.41) is 1.95. The van der Waals surface area contributed by atoms with Crippen molar-refractivity contribution in [2.24, 2.45) is 0 Å². The second kappa shape index (κ2) is 12.7. The van der Waals surface area contributed by atoms with E-state index in [1.165, 1.54) is 0 Å². The number of fused-ring (bicyclic) bond motifs is 2. The molecule has 0 saturated carbocycles. The summed E-state index contributed by atoms with van der Waals surface area (Å²) in [7, 11) is 0. The van der Waals surface area contributed by atoms with E-state index < -0.39 is 30.2 Å². The van der Waals surface area contributed by atoms with Crippen molar-refractivity contribution in [3.8, 4) is 67.5 Å². The van der Waals surface area contributed by atoms with E-state index in [4.69, 9.17) is 23.2 Å². The van der Waals surface area contributed by atoms with E-state index in [0.29, 0.717) is 28.6 Å². The molecule has 0 unspecified atom stereocenters. The Balaban J connectivity index is 1.32. The third kappa shape index (κ3) is 5.72. The molecule has 0 spiro atoms. The van der Waals surface area contributed by atoms with Crippen LogP contribution in [0.5, 0.6) is 0 Å². The van der Waals surface area contributed by atoms with Gasteiger partial charge in [0.1, 0.15) is 0 Å². The van der Waals surface area contributed by atoms with Crippen LogP contribution < -0.4 is 0 Å². The molecule has 1 aromatic heterocycles. The third-order valence-electron chi connectivity index (χ3n) is 8.77. The molecule has 0 aliphatic rings. The van der Waals surface area contributed by atoms with Crippen LogP contribution in [0.3, 0.4) is 0 Å². The van der Waals surface area contributed by atoms with Crippen molar-refractivity contribution in [1.29, 1.82) is 0 Å². The zero-order chi connectivity index (χ0) is 39.4.